The fourth-order valence-electron chi connectivity index (χ4n) is 3.15. The van der Waals surface area contributed by atoms with Crippen molar-refractivity contribution >= 4 is 23.3 Å². The Kier molecular flexibility index (Phi) is 5.45. The standard InChI is InChI=1S/C19H15F3N4O4/c1-10-15(17(27)24-13-8-4-3-7-12(13)19(20,21)22)16(25-18(28)23-10)11-6-2-5-9-14(11)26(29)30/h2-9,16H,1H3,(H,24,27)(H2,23,25,28)/t16-/m0/s1. The third-order valence-electron chi connectivity index (χ3n) is 4.44. The SMILES string of the molecule is CC1=C(C(=O)Nc2ccccc2C(F)(F)F)[C@H](c2ccccc2[N+](=O)[O-])NC(=O)N1. The van der Waals surface area contributed by atoms with E-state index in [-0.39, 0.29) is 22.5 Å². The van der Waals surface area contributed by atoms with Crippen LogP contribution in [-0.4, -0.2) is 16.9 Å². The molecule has 30 heavy (non-hydrogen) atoms. The number of urea groups is 1. The first kappa shape index (κ1) is 20.8. The van der Waals surface area contributed by atoms with Crippen LogP contribution in [0.3, 0.4) is 0 Å². The average molecular weight is 420 g/mol. The molecule has 1 aliphatic heterocycles. The van der Waals surface area contributed by atoms with Crippen LogP contribution in [0.1, 0.15) is 24.1 Å². The normalized spacial score (nSPS) is 16.5. The Labute approximate surface area is 167 Å². The lowest BCUT2D eigenvalue weighted by Crippen LogP contribution is -2.46. The van der Waals surface area contributed by atoms with Crippen LogP contribution < -0.4 is 16.0 Å². The number of benzene rings is 2. The molecule has 0 aromatic heterocycles. The topological polar surface area (TPSA) is 113 Å². The van der Waals surface area contributed by atoms with E-state index in [9.17, 15) is 32.9 Å². The van der Waals surface area contributed by atoms with E-state index < -0.39 is 40.3 Å². The molecule has 3 amide bonds. The molecule has 0 unspecified atom stereocenters. The molecule has 0 saturated carbocycles. The number of halogens is 3. The summed E-state index contributed by atoms with van der Waals surface area (Å²) in [6, 6.07) is 7.94. The van der Waals surface area contributed by atoms with Crippen LogP contribution in [0.2, 0.25) is 0 Å². The monoisotopic (exact) mass is 420 g/mol. The highest BCUT2D eigenvalue weighted by molar-refractivity contribution is 6.07. The van der Waals surface area contributed by atoms with Crippen molar-refractivity contribution in [3.63, 3.8) is 0 Å². The quantitative estimate of drug-likeness (QED) is 0.515. The van der Waals surface area contributed by atoms with Crippen LogP contribution in [0.25, 0.3) is 0 Å². The Hall–Kier alpha value is -3.89. The van der Waals surface area contributed by atoms with E-state index in [2.05, 4.69) is 16.0 Å². The summed E-state index contributed by atoms with van der Waals surface area (Å²) in [5.41, 5.74) is -1.95. The molecule has 1 atom stereocenters. The zero-order valence-electron chi connectivity index (χ0n) is 15.4. The summed E-state index contributed by atoms with van der Waals surface area (Å²) in [6.07, 6.45) is -4.70. The molecule has 0 bridgehead atoms. The second-order valence-corrected chi connectivity index (χ2v) is 6.38. The van der Waals surface area contributed by atoms with Gasteiger partial charge in [0.1, 0.15) is 0 Å². The Morgan fingerprint density at radius 3 is 2.43 bits per heavy atom. The summed E-state index contributed by atoms with van der Waals surface area (Å²) < 4.78 is 39.7. The summed E-state index contributed by atoms with van der Waals surface area (Å²) in [4.78, 5) is 35.6. The zero-order chi connectivity index (χ0) is 22.1. The van der Waals surface area contributed by atoms with Crippen LogP contribution in [0.4, 0.5) is 29.3 Å². The van der Waals surface area contributed by atoms with Gasteiger partial charge in [0, 0.05) is 11.8 Å². The molecule has 0 aliphatic carbocycles. The highest BCUT2D eigenvalue weighted by atomic mass is 19.4. The minimum absolute atomic E-state index is 0.0194. The largest absolute Gasteiger partial charge is 0.418 e. The highest BCUT2D eigenvalue weighted by Gasteiger charge is 2.37. The van der Waals surface area contributed by atoms with E-state index in [1.54, 1.807) is 0 Å². The van der Waals surface area contributed by atoms with Gasteiger partial charge in [0.15, 0.2) is 0 Å². The molecule has 1 aliphatic rings. The minimum Gasteiger partial charge on any atom is -0.326 e. The number of carbonyl (C=O) groups is 2. The molecule has 0 fully saturated rings. The molecular weight excluding hydrogens is 405 g/mol. The lowest BCUT2D eigenvalue weighted by atomic mass is 9.93. The lowest BCUT2D eigenvalue weighted by molar-refractivity contribution is -0.385. The van der Waals surface area contributed by atoms with Gasteiger partial charge in [-0.1, -0.05) is 24.3 Å². The van der Waals surface area contributed by atoms with Crippen molar-refractivity contribution in [3.05, 3.63) is 81.0 Å². The van der Waals surface area contributed by atoms with Gasteiger partial charge in [-0.05, 0) is 25.1 Å². The predicted octanol–water partition coefficient (Wildman–Crippen LogP) is 3.88. The number of alkyl halides is 3. The number of anilines is 1. The van der Waals surface area contributed by atoms with Gasteiger partial charge in [0.2, 0.25) is 0 Å². The number of allylic oxidation sites excluding steroid dienone is 1. The van der Waals surface area contributed by atoms with Crippen LogP contribution in [0.5, 0.6) is 0 Å². The Morgan fingerprint density at radius 1 is 1.13 bits per heavy atom. The molecule has 1 heterocycles. The molecular formula is C19H15F3N4O4. The van der Waals surface area contributed by atoms with Crippen LogP contribution >= 0.6 is 0 Å². The van der Waals surface area contributed by atoms with Crippen molar-refractivity contribution in [2.75, 3.05) is 5.32 Å². The molecule has 0 saturated heterocycles. The van der Waals surface area contributed by atoms with Gasteiger partial charge in [-0.3, -0.25) is 14.9 Å². The van der Waals surface area contributed by atoms with Crippen molar-refractivity contribution in [3.8, 4) is 0 Å². The second kappa shape index (κ2) is 7.85. The van der Waals surface area contributed by atoms with Gasteiger partial charge in [-0.25, -0.2) is 4.79 Å². The Balaban J connectivity index is 2.05. The van der Waals surface area contributed by atoms with Gasteiger partial charge in [-0.15, -0.1) is 0 Å². The molecule has 3 rings (SSSR count). The fraction of sp³-hybridized carbons (Fsp3) is 0.158. The first-order chi connectivity index (χ1) is 14.1. The molecule has 156 valence electrons. The molecule has 11 heteroatoms. The summed E-state index contributed by atoms with van der Waals surface area (Å²) in [5.74, 6) is -0.945. The Morgan fingerprint density at radius 2 is 1.77 bits per heavy atom. The third-order valence-corrected chi connectivity index (χ3v) is 4.44. The zero-order valence-corrected chi connectivity index (χ0v) is 15.4. The van der Waals surface area contributed by atoms with E-state index in [4.69, 9.17) is 0 Å². The maximum atomic E-state index is 13.2. The van der Waals surface area contributed by atoms with Crippen molar-refractivity contribution in [2.45, 2.75) is 19.1 Å². The predicted molar refractivity (Wildman–Crippen MR) is 100 cm³/mol. The van der Waals surface area contributed by atoms with E-state index in [0.29, 0.717) is 0 Å². The summed E-state index contributed by atoms with van der Waals surface area (Å²) >= 11 is 0. The van der Waals surface area contributed by atoms with E-state index in [1.807, 2.05) is 0 Å². The summed E-state index contributed by atoms with van der Waals surface area (Å²) in [7, 11) is 0. The molecule has 2 aromatic carbocycles. The number of nitro benzene ring substituents is 1. The number of hydrogen-bond acceptors (Lipinski definition) is 4. The van der Waals surface area contributed by atoms with Crippen molar-refractivity contribution in [1.29, 1.82) is 0 Å². The number of amides is 3. The van der Waals surface area contributed by atoms with E-state index in [0.717, 1.165) is 12.1 Å². The minimum atomic E-state index is -4.70. The molecule has 2 aromatic rings. The van der Waals surface area contributed by atoms with Crippen molar-refractivity contribution in [2.24, 2.45) is 0 Å². The summed E-state index contributed by atoms with van der Waals surface area (Å²) in [6.45, 7) is 1.38. The number of rotatable bonds is 4. The first-order valence-electron chi connectivity index (χ1n) is 8.58. The van der Waals surface area contributed by atoms with Gasteiger partial charge < -0.3 is 16.0 Å². The second-order valence-electron chi connectivity index (χ2n) is 6.38. The first-order valence-corrected chi connectivity index (χ1v) is 8.58. The number of nitro groups is 1. The summed E-state index contributed by atoms with van der Waals surface area (Å²) in [5, 5.41) is 18.4. The molecule has 3 N–H and O–H groups in total. The lowest BCUT2D eigenvalue weighted by Gasteiger charge is -2.28. The number of para-hydroxylation sites is 2. The number of carbonyl (C=O) groups excluding carboxylic acids is 2. The molecule has 0 radical (unpaired) electrons. The smallest absolute Gasteiger partial charge is 0.326 e. The number of hydrogen-bond donors (Lipinski definition) is 3. The highest BCUT2D eigenvalue weighted by Crippen LogP contribution is 2.36. The van der Waals surface area contributed by atoms with Crippen LogP contribution in [-0.2, 0) is 11.0 Å². The van der Waals surface area contributed by atoms with Gasteiger partial charge in [-0.2, -0.15) is 13.2 Å². The third kappa shape index (κ3) is 4.09. The Bertz CT molecular complexity index is 1070. The number of nitrogens with zero attached hydrogens (tertiary/aromatic N) is 1. The van der Waals surface area contributed by atoms with Crippen LogP contribution in [0.15, 0.2) is 59.8 Å². The van der Waals surface area contributed by atoms with Crippen molar-refractivity contribution in [1.82, 2.24) is 10.6 Å². The van der Waals surface area contributed by atoms with E-state index >= 15 is 0 Å². The van der Waals surface area contributed by atoms with E-state index in [1.165, 1.54) is 43.3 Å². The number of nitrogens with one attached hydrogen (secondary N) is 3. The van der Waals surface area contributed by atoms with Gasteiger partial charge >= 0.3 is 12.2 Å². The maximum absolute atomic E-state index is 13.2. The fourth-order valence-corrected chi connectivity index (χ4v) is 3.15. The molecule has 8 nitrogen and oxygen atoms in total. The average Bonchev–Trinajstić information content (AvgIpc) is 2.66. The van der Waals surface area contributed by atoms with Crippen LogP contribution in [0, 0.1) is 10.1 Å². The van der Waals surface area contributed by atoms with Gasteiger partial charge in [0.05, 0.1) is 33.4 Å². The van der Waals surface area contributed by atoms with Gasteiger partial charge in [0.25, 0.3) is 11.6 Å². The van der Waals surface area contributed by atoms with Crippen molar-refractivity contribution < 1.29 is 27.7 Å². The maximum Gasteiger partial charge on any atom is 0.418 e. The molecule has 0 spiro atoms.